The van der Waals surface area contributed by atoms with Gasteiger partial charge in [-0.25, -0.2) is 4.99 Å². The lowest BCUT2D eigenvalue weighted by Crippen LogP contribution is -2.36. The molecule has 1 aliphatic heterocycles. The van der Waals surface area contributed by atoms with Crippen LogP contribution in [-0.2, 0) is 13.1 Å². The van der Waals surface area contributed by atoms with Crippen molar-refractivity contribution in [3.8, 4) is 0 Å². The summed E-state index contributed by atoms with van der Waals surface area (Å²) < 4.78 is 0. The van der Waals surface area contributed by atoms with Crippen LogP contribution in [-0.4, -0.2) is 38.0 Å². The number of nitrogens with one attached hydrogen (secondary N) is 1. The van der Waals surface area contributed by atoms with Gasteiger partial charge in [-0.15, -0.1) is 24.0 Å². The van der Waals surface area contributed by atoms with Gasteiger partial charge in [0.25, 0.3) is 0 Å². The van der Waals surface area contributed by atoms with Gasteiger partial charge in [-0.1, -0.05) is 54.6 Å². The van der Waals surface area contributed by atoms with Crippen LogP contribution >= 0.6 is 24.0 Å². The van der Waals surface area contributed by atoms with Gasteiger partial charge in [0.05, 0.1) is 6.54 Å². The molecule has 0 radical (unpaired) electrons. The number of rotatable bonds is 5. The summed E-state index contributed by atoms with van der Waals surface area (Å²) in [7, 11) is 4.03. The van der Waals surface area contributed by atoms with Crippen LogP contribution in [0.1, 0.15) is 11.1 Å². The van der Waals surface area contributed by atoms with Gasteiger partial charge >= 0.3 is 0 Å². The topological polar surface area (TPSA) is 30.9 Å². The van der Waals surface area contributed by atoms with Gasteiger partial charge in [0.15, 0.2) is 5.96 Å². The maximum absolute atomic E-state index is 4.77. The summed E-state index contributed by atoms with van der Waals surface area (Å²) >= 11 is 0. The normalized spacial score (nSPS) is 13.5. The largest absolute Gasteiger partial charge is 0.364 e. The third-order valence-electron chi connectivity index (χ3n) is 4.22. The highest BCUT2D eigenvalue weighted by Crippen LogP contribution is 2.19. The fourth-order valence-electron chi connectivity index (χ4n) is 2.84. The molecule has 26 heavy (non-hydrogen) atoms. The second-order valence-electron chi connectivity index (χ2n) is 6.42. The number of benzene rings is 2. The summed E-state index contributed by atoms with van der Waals surface area (Å²) in [4.78, 5) is 9.15. The molecule has 2 aromatic rings. The Morgan fingerprint density at radius 1 is 1.00 bits per heavy atom. The summed E-state index contributed by atoms with van der Waals surface area (Å²) in [6.07, 6.45) is 4.42. The molecule has 0 saturated heterocycles. The Kier molecular flexibility index (Phi) is 7.97. The minimum absolute atomic E-state index is 0. The molecule has 0 fully saturated rings. The number of hydrogen-bond donors (Lipinski definition) is 1. The van der Waals surface area contributed by atoms with Crippen molar-refractivity contribution in [2.45, 2.75) is 13.1 Å². The van der Waals surface area contributed by atoms with Crippen molar-refractivity contribution in [2.75, 3.05) is 32.1 Å². The predicted octanol–water partition coefficient (Wildman–Crippen LogP) is 3.89. The Hall–Kier alpha value is -2.02. The van der Waals surface area contributed by atoms with E-state index in [2.05, 4.69) is 70.9 Å². The van der Waals surface area contributed by atoms with E-state index in [1.165, 1.54) is 16.8 Å². The molecule has 4 nitrogen and oxygen atoms in total. The Morgan fingerprint density at radius 3 is 2.38 bits per heavy atom. The SMILES string of the molecule is CN(C)C(=NCc1cccc(N2CC=CC2)c1)NCc1ccccc1.I. The summed E-state index contributed by atoms with van der Waals surface area (Å²) in [5.41, 5.74) is 3.74. The Bertz CT molecular complexity index is 733. The fraction of sp³-hybridized carbons (Fsp3) is 0.286. The Labute approximate surface area is 173 Å². The van der Waals surface area contributed by atoms with Gasteiger partial charge in [0.2, 0.25) is 0 Å². The Balaban J connectivity index is 0.00000243. The second kappa shape index (κ2) is 10.2. The quantitative estimate of drug-likeness (QED) is 0.317. The van der Waals surface area contributed by atoms with E-state index in [-0.39, 0.29) is 24.0 Å². The predicted molar refractivity (Wildman–Crippen MR) is 121 cm³/mol. The number of nitrogens with zero attached hydrogens (tertiary/aromatic N) is 3. The number of halogens is 1. The van der Waals surface area contributed by atoms with E-state index < -0.39 is 0 Å². The number of anilines is 1. The standard InChI is InChI=1S/C21H26N4.HI/c1-24(2)21(22-16-18-9-4-3-5-10-18)23-17-19-11-8-12-20(15-19)25-13-6-7-14-25;/h3-12,15H,13-14,16-17H2,1-2H3,(H,22,23);1H. The maximum atomic E-state index is 4.77. The molecule has 138 valence electrons. The lowest BCUT2D eigenvalue weighted by Gasteiger charge is -2.19. The molecule has 0 atom stereocenters. The van der Waals surface area contributed by atoms with E-state index >= 15 is 0 Å². The summed E-state index contributed by atoms with van der Waals surface area (Å²) in [6.45, 7) is 3.43. The highest BCUT2D eigenvalue weighted by Gasteiger charge is 2.08. The second-order valence-corrected chi connectivity index (χ2v) is 6.42. The first-order valence-electron chi connectivity index (χ1n) is 8.71. The van der Waals surface area contributed by atoms with Gasteiger partial charge in [-0.2, -0.15) is 0 Å². The fourth-order valence-corrected chi connectivity index (χ4v) is 2.84. The van der Waals surface area contributed by atoms with Crippen LogP contribution in [0.2, 0.25) is 0 Å². The van der Waals surface area contributed by atoms with E-state index in [0.29, 0.717) is 6.54 Å². The van der Waals surface area contributed by atoms with E-state index in [1.54, 1.807) is 0 Å². The van der Waals surface area contributed by atoms with E-state index in [4.69, 9.17) is 4.99 Å². The molecule has 1 heterocycles. The zero-order valence-corrected chi connectivity index (χ0v) is 17.8. The van der Waals surface area contributed by atoms with Crippen LogP contribution in [0.25, 0.3) is 0 Å². The van der Waals surface area contributed by atoms with Crippen molar-refractivity contribution in [1.29, 1.82) is 0 Å². The summed E-state index contributed by atoms with van der Waals surface area (Å²) in [6, 6.07) is 19.0. The molecule has 0 bridgehead atoms. The van der Waals surface area contributed by atoms with E-state index in [1.807, 2.05) is 25.1 Å². The lowest BCUT2D eigenvalue weighted by molar-refractivity contribution is 0.578. The number of hydrogen-bond acceptors (Lipinski definition) is 2. The zero-order chi connectivity index (χ0) is 17.5. The van der Waals surface area contributed by atoms with Crippen molar-refractivity contribution < 1.29 is 0 Å². The molecule has 1 aliphatic rings. The van der Waals surface area contributed by atoms with E-state index in [0.717, 1.165) is 25.6 Å². The average Bonchev–Trinajstić information content (AvgIpc) is 3.17. The van der Waals surface area contributed by atoms with Gasteiger partial charge in [-0.3, -0.25) is 0 Å². The van der Waals surface area contributed by atoms with Crippen molar-refractivity contribution in [3.63, 3.8) is 0 Å². The minimum atomic E-state index is 0. The van der Waals surface area contributed by atoms with Gasteiger partial charge in [-0.05, 0) is 23.3 Å². The molecule has 0 aromatic heterocycles. The van der Waals surface area contributed by atoms with Crippen molar-refractivity contribution in [3.05, 3.63) is 77.9 Å². The van der Waals surface area contributed by atoms with Crippen LogP contribution in [0.4, 0.5) is 5.69 Å². The molecule has 0 aliphatic carbocycles. The van der Waals surface area contributed by atoms with Gasteiger partial charge < -0.3 is 15.1 Å². The first-order chi connectivity index (χ1) is 12.2. The molecule has 2 aromatic carbocycles. The van der Waals surface area contributed by atoms with Gasteiger partial charge in [0.1, 0.15) is 0 Å². The monoisotopic (exact) mass is 462 g/mol. The molecule has 0 spiro atoms. The number of guanidine groups is 1. The molecule has 5 heteroatoms. The van der Waals surface area contributed by atoms with Crippen LogP contribution in [0.15, 0.2) is 71.7 Å². The van der Waals surface area contributed by atoms with E-state index in [9.17, 15) is 0 Å². The van der Waals surface area contributed by atoms with Crippen LogP contribution in [0.5, 0.6) is 0 Å². The smallest absolute Gasteiger partial charge is 0.194 e. The van der Waals surface area contributed by atoms with Crippen molar-refractivity contribution in [1.82, 2.24) is 10.2 Å². The maximum Gasteiger partial charge on any atom is 0.194 e. The minimum Gasteiger partial charge on any atom is -0.364 e. The average molecular weight is 462 g/mol. The van der Waals surface area contributed by atoms with Crippen LogP contribution in [0, 0.1) is 0 Å². The molecule has 1 N–H and O–H groups in total. The highest BCUT2D eigenvalue weighted by molar-refractivity contribution is 14.0. The first kappa shape index (κ1) is 20.3. The van der Waals surface area contributed by atoms with Crippen molar-refractivity contribution in [2.24, 2.45) is 4.99 Å². The molecule has 0 amide bonds. The summed E-state index contributed by atoms with van der Waals surface area (Å²) in [5.74, 6) is 0.900. The third-order valence-corrected chi connectivity index (χ3v) is 4.22. The number of aliphatic imine (C=N–C) groups is 1. The Morgan fingerprint density at radius 2 is 1.69 bits per heavy atom. The summed E-state index contributed by atoms with van der Waals surface area (Å²) in [5, 5.41) is 3.43. The molecule has 3 rings (SSSR count). The van der Waals surface area contributed by atoms with Crippen LogP contribution in [0.3, 0.4) is 0 Å². The molecular formula is C21H27IN4. The molecule has 0 saturated carbocycles. The first-order valence-corrected chi connectivity index (χ1v) is 8.71. The molecular weight excluding hydrogens is 435 g/mol. The van der Waals surface area contributed by atoms with Gasteiger partial charge in [0, 0.05) is 39.4 Å². The highest BCUT2D eigenvalue weighted by atomic mass is 127. The lowest BCUT2D eigenvalue weighted by atomic mass is 10.2. The zero-order valence-electron chi connectivity index (χ0n) is 15.4. The van der Waals surface area contributed by atoms with Crippen molar-refractivity contribution >= 4 is 35.6 Å². The molecule has 0 unspecified atom stereocenters. The third kappa shape index (κ3) is 5.76. The van der Waals surface area contributed by atoms with Crippen LogP contribution < -0.4 is 10.2 Å².